The number of anilines is 2. The maximum Gasteiger partial charge on any atom is 0.337 e. The zero-order valence-electron chi connectivity index (χ0n) is 20.6. The fourth-order valence-corrected chi connectivity index (χ4v) is 4.88. The summed E-state index contributed by atoms with van der Waals surface area (Å²) in [5, 5.41) is 0.410. The van der Waals surface area contributed by atoms with E-state index in [9.17, 15) is 9.59 Å². The minimum atomic E-state index is -0.475. The Hall–Kier alpha value is -4.53. The molecule has 9 heteroatoms. The number of carbonyl (C=O) groups excluding carboxylic acids is 1. The van der Waals surface area contributed by atoms with E-state index >= 15 is 0 Å². The summed E-state index contributed by atoms with van der Waals surface area (Å²) in [5.74, 6) is 1.27. The number of aryl methyl sites for hydroxylation is 1. The molecule has 1 fully saturated rings. The van der Waals surface area contributed by atoms with Crippen LogP contribution in [0.4, 0.5) is 11.6 Å². The van der Waals surface area contributed by atoms with E-state index in [1.54, 1.807) is 34.9 Å². The summed E-state index contributed by atoms with van der Waals surface area (Å²) in [6, 6.07) is 18.7. The highest BCUT2D eigenvalue weighted by atomic mass is 16.7. The van der Waals surface area contributed by atoms with Crippen LogP contribution in [0.25, 0.3) is 16.6 Å². The van der Waals surface area contributed by atoms with Crippen molar-refractivity contribution in [3.05, 3.63) is 82.1 Å². The van der Waals surface area contributed by atoms with Gasteiger partial charge < -0.3 is 24.0 Å². The SMILES string of the molecule is COC(=O)c1ccc2c(=O)n(-c3ccc4c(c3)OCO4)c(N3CCN(c4cccc(C)c4)CC3)nc2c1. The van der Waals surface area contributed by atoms with E-state index < -0.39 is 5.97 Å². The molecule has 37 heavy (non-hydrogen) atoms. The molecule has 0 spiro atoms. The van der Waals surface area contributed by atoms with Crippen LogP contribution in [0.15, 0.2) is 65.5 Å². The molecule has 3 aromatic carbocycles. The minimum absolute atomic E-state index is 0.147. The molecule has 0 atom stereocenters. The van der Waals surface area contributed by atoms with Gasteiger partial charge in [0.1, 0.15) is 0 Å². The van der Waals surface area contributed by atoms with Crippen molar-refractivity contribution in [1.29, 1.82) is 0 Å². The highest BCUT2D eigenvalue weighted by Gasteiger charge is 2.25. The normalized spacial score (nSPS) is 14.8. The number of carbonyl (C=O) groups is 1. The van der Waals surface area contributed by atoms with Crippen molar-refractivity contribution in [3.63, 3.8) is 0 Å². The zero-order valence-corrected chi connectivity index (χ0v) is 20.6. The molecule has 6 rings (SSSR count). The van der Waals surface area contributed by atoms with Gasteiger partial charge in [-0.25, -0.2) is 14.3 Å². The van der Waals surface area contributed by atoms with E-state index in [-0.39, 0.29) is 12.4 Å². The Kier molecular flexibility index (Phi) is 5.67. The van der Waals surface area contributed by atoms with Crippen LogP contribution in [0.1, 0.15) is 15.9 Å². The van der Waals surface area contributed by atoms with Crippen LogP contribution in [0.5, 0.6) is 11.5 Å². The van der Waals surface area contributed by atoms with Gasteiger partial charge in [-0.1, -0.05) is 12.1 Å². The average molecular weight is 499 g/mol. The first-order valence-electron chi connectivity index (χ1n) is 12.1. The van der Waals surface area contributed by atoms with Gasteiger partial charge in [-0.2, -0.15) is 0 Å². The van der Waals surface area contributed by atoms with Gasteiger partial charge in [0.05, 0.1) is 29.3 Å². The summed E-state index contributed by atoms with van der Waals surface area (Å²) in [6.07, 6.45) is 0. The monoisotopic (exact) mass is 498 g/mol. The molecule has 3 heterocycles. The maximum atomic E-state index is 13.9. The number of piperazine rings is 1. The molecule has 188 valence electrons. The Morgan fingerprint density at radius 1 is 0.892 bits per heavy atom. The van der Waals surface area contributed by atoms with E-state index in [0.717, 1.165) is 13.1 Å². The van der Waals surface area contributed by atoms with Gasteiger partial charge in [-0.3, -0.25) is 4.79 Å². The second kappa shape index (κ2) is 9.16. The van der Waals surface area contributed by atoms with Gasteiger partial charge in [0.2, 0.25) is 12.7 Å². The van der Waals surface area contributed by atoms with Gasteiger partial charge in [-0.15, -0.1) is 0 Å². The fourth-order valence-electron chi connectivity index (χ4n) is 4.88. The molecular formula is C28H26N4O5. The lowest BCUT2D eigenvalue weighted by molar-refractivity contribution is 0.0601. The fraction of sp³-hybridized carbons (Fsp3) is 0.250. The number of hydrogen-bond acceptors (Lipinski definition) is 8. The number of esters is 1. The van der Waals surface area contributed by atoms with Crippen molar-refractivity contribution in [1.82, 2.24) is 9.55 Å². The number of methoxy groups -OCH3 is 1. The number of nitrogens with zero attached hydrogens (tertiary/aromatic N) is 4. The molecule has 9 nitrogen and oxygen atoms in total. The number of rotatable bonds is 4. The van der Waals surface area contributed by atoms with Gasteiger partial charge in [-0.05, 0) is 55.0 Å². The first kappa shape index (κ1) is 22.9. The molecule has 0 radical (unpaired) electrons. The Morgan fingerprint density at radius 3 is 2.46 bits per heavy atom. The van der Waals surface area contributed by atoms with Crippen LogP contribution in [0.2, 0.25) is 0 Å². The Labute approximate surface area is 213 Å². The predicted octanol–water partition coefficient (Wildman–Crippen LogP) is 3.54. The number of hydrogen-bond donors (Lipinski definition) is 0. The van der Waals surface area contributed by atoms with Crippen molar-refractivity contribution in [3.8, 4) is 17.2 Å². The topological polar surface area (TPSA) is 86.1 Å². The zero-order chi connectivity index (χ0) is 25.5. The summed E-state index contributed by atoms with van der Waals surface area (Å²) in [4.78, 5) is 35.4. The molecule has 0 bridgehead atoms. The van der Waals surface area contributed by atoms with Crippen molar-refractivity contribution in [2.45, 2.75) is 6.92 Å². The van der Waals surface area contributed by atoms with E-state index in [1.807, 2.05) is 6.07 Å². The summed E-state index contributed by atoms with van der Waals surface area (Å²) >= 11 is 0. The number of fused-ring (bicyclic) bond motifs is 2. The van der Waals surface area contributed by atoms with Crippen LogP contribution in [-0.2, 0) is 4.74 Å². The molecule has 4 aromatic rings. The molecule has 0 unspecified atom stereocenters. The van der Waals surface area contributed by atoms with Crippen molar-refractivity contribution in [2.24, 2.45) is 0 Å². The average Bonchev–Trinajstić information content (AvgIpc) is 3.40. The minimum Gasteiger partial charge on any atom is -0.465 e. The standard InChI is InChI=1S/C28H26N4O5/c1-18-4-3-5-20(14-18)30-10-12-31(13-11-30)28-29-23-15-19(27(34)35-2)6-8-22(23)26(33)32(28)21-7-9-24-25(16-21)37-17-36-24/h3-9,14-16H,10-13,17H2,1-2H3. The predicted molar refractivity (Wildman–Crippen MR) is 140 cm³/mol. The highest BCUT2D eigenvalue weighted by Crippen LogP contribution is 2.34. The third-order valence-corrected chi connectivity index (χ3v) is 6.82. The lowest BCUT2D eigenvalue weighted by Crippen LogP contribution is -2.48. The van der Waals surface area contributed by atoms with E-state index in [4.69, 9.17) is 19.2 Å². The summed E-state index contributed by atoms with van der Waals surface area (Å²) in [7, 11) is 1.33. The smallest absolute Gasteiger partial charge is 0.337 e. The Bertz CT molecular complexity index is 1570. The molecule has 1 saturated heterocycles. The van der Waals surface area contributed by atoms with Crippen LogP contribution in [0, 0.1) is 6.92 Å². The molecule has 2 aliphatic rings. The van der Waals surface area contributed by atoms with Gasteiger partial charge >= 0.3 is 5.97 Å². The second-order valence-electron chi connectivity index (χ2n) is 9.13. The molecule has 0 aliphatic carbocycles. The number of aromatic nitrogens is 2. The van der Waals surface area contributed by atoms with Crippen LogP contribution >= 0.6 is 0 Å². The van der Waals surface area contributed by atoms with Gasteiger partial charge in [0.25, 0.3) is 5.56 Å². The molecular weight excluding hydrogens is 472 g/mol. The first-order valence-corrected chi connectivity index (χ1v) is 12.1. The number of benzene rings is 3. The lowest BCUT2D eigenvalue weighted by atomic mass is 10.1. The third kappa shape index (κ3) is 4.12. The van der Waals surface area contributed by atoms with Gasteiger partial charge in [0, 0.05) is 37.9 Å². The van der Waals surface area contributed by atoms with E-state index in [1.165, 1.54) is 18.4 Å². The summed E-state index contributed by atoms with van der Waals surface area (Å²) < 4.78 is 17.5. The van der Waals surface area contributed by atoms with E-state index in [2.05, 4.69) is 41.0 Å². The van der Waals surface area contributed by atoms with Crippen LogP contribution < -0.4 is 24.8 Å². The van der Waals surface area contributed by atoms with Gasteiger partial charge in [0.15, 0.2) is 11.5 Å². The Balaban J connectivity index is 1.44. The lowest BCUT2D eigenvalue weighted by Gasteiger charge is -2.37. The largest absolute Gasteiger partial charge is 0.465 e. The quantitative estimate of drug-likeness (QED) is 0.395. The van der Waals surface area contributed by atoms with E-state index in [0.29, 0.717) is 52.7 Å². The van der Waals surface area contributed by atoms with Crippen molar-refractivity contribution >= 4 is 28.5 Å². The number of ether oxygens (including phenoxy) is 3. The molecule has 0 saturated carbocycles. The van der Waals surface area contributed by atoms with Crippen LogP contribution in [0.3, 0.4) is 0 Å². The van der Waals surface area contributed by atoms with Crippen molar-refractivity contribution < 1.29 is 19.0 Å². The van der Waals surface area contributed by atoms with Crippen molar-refractivity contribution in [2.75, 3.05) is 49.9 Å². The summed E-state index contributed by atoms with van der Waals surface area (Å²) in [5.41, 5.74) is 3.60. The second-order valence-corrected chi connectivity index (χ2v) is 9.13. The van der Waals surface area contributed by atoms with Crippen LogP contribution in [-0.4, -0.2) is 55.6 Å². The first-order chi connectivity index (χ1) is 18.0. The third-order valence-electron chi connectivity index (χ3n) is 6.82. The molecule has 0 amide bonds. The Morgan fingerprint density at radius 2 is 1.68 bits per heavy atom. The summed E-state index contributed by atoms with van der Waals surface area (Å²) in [6.45, 7) is 5.14. The maximum absolute atomic E-state index is 13.9. The molecule has 2 aliphatic heterocycles. The highest BCUT2D eigenvalue weighted by molar-refractivity contribution is 5.94. The molecule has 0 N–H and O–H groups in total. The molecule has 1 aromatic heterocycles.